The van der Waals surface area contributed by atoms with E-state index in [1.54, 1.807) is 45.2 Å². The van der Waals surface area contributed by atoms with E-state index in [-0.39, 0.29) is 24.3 Å². The zero-order valence-electron chi connectivity index (χ0n) is 16.9. The van der Waals surface area contributed by atoms with Crippen LogP contribution in [0.4, 0.5) is 4.79 Å². The molecule has 0 spiro atoms. The lowest BCUT2D eigenvalue weighted by Gasteiger charge is -2.21. The number of carbonyl (C=O) groups excluding carboxylic acids is 3. The van der Waals surface area contributed by atoms with E-state index < -0.39 is 17.7 Å². The molecule has 0 saturated carbocycles. The first-order valence-corrected chi connectivity index (χ1v) is 9.10. The van der Waals surface area contributed by atoms with Crippen LogP contribution in [0.1, 0.15) is 39.7 Å². The van der Waals surface area contributed by atoms with Gasteiger partial charge in [0.2, 0.25) is 11.8 Å². The number of ether oxygens (including phenoxy) is 2. The zero-order chi connectivity index (χ0) is 20.9. The molecule has 2 heterocycles. The summed E-state index contributed by atoms with van der Waals surface area (Å²) in [6, 6.07) is 2.63. The van der Waals surface area contributed by atoms with Gasteiger partial charge in [0.1, 0.15) is 11.6 Å². The van der Waals surface area contributed by atoms with Crippen molar-refractivity contribution in [2.45, 2.75) is 51.8 Å². The molecule has 2 rings (SSSR count). The molecule has 1 N–H and O–H groups in total. The molecule has 2 amide bonds. The number of ketones is 1. The molecule has 8 nitrogen and oxygen atoms in total. The smallest absolute Gasteiger partial charge is 0.408 e. The van der Waals surface area contributed by atoms with Crippen LogP contribution in [0.25, 0.3) is 6.08 Å². The molecule has 2 atom stereocenters. The molecular formula is C20H27N3O5. The van der Waals surface area contributed by atoms with Crippen LogP contribution in [0.5, 0.6) is 5.88 Å². The predicted octanol–water partition coefficient (Wildman–Crippen LogP) is 2.19. The van der Waals surface area contributed by atoms with E-state index in [0.717, 1.165) is 5.56 Å². The second-order valence-corrected chi connectivity index (χ2v) is 7.68. The van der Waals surface area contributed by atoms with Crippen LogP contribution in [-0.2, 0) is 14.3 Å². The molecule has 0 radical (unpaired) electrons. The largest absolute Gasteiger partial charge is 0.481 e. The minimum absolute atomic E-state index is 0.0490. The Kier molecular flexibility index (Phi) is 6.77. The maximum absolute atomic E-state index is 12.6. The normalized spacial score (nSPS) is 19.8. The molecule has 1 aliphatic heterocycles. The van der Waals surface area contributed by atoms with E-state index in [0.29, 0.717) is 12.3 Å². The third kappa shape index (κ3) is 6.07. The van der Waals surface area contributed by atoms with Crippen LogP contribution in [0.3, 0.4) is 0 Å². The molecule has 0 aromatic carbocycles. The number of likely N-dealkylation sites (tertiary alicyclic amines) is 1. The number of hydrogen-bond acceptors (Lipinski definition) is 6. The van der Waals surface area contributed by atoms with Crippen LogP contribution in [-0.4, -0.2) is 59.0 Å². The van der Waals surface area contributed by atoms with Crippen LogP contribution >= 0.6 is 0 Å². The summed E-state index contributed by atoms with van der Waals surface area (Å²) in [6.07, 6.45) is 4.43. The minimum Gasteiger partial charge on any atom is -0.481 e. The summed E-state index contributed by atoms with van der Waals surface area (Å²) < 4.78 is 10.2. The van der Waals surface area contributed by atoms with Gasteiger partial charge in [-0.25, -0.2) is 9.78 Å². The van der Waals surface area contributed by atoms with Gasteiger partial charge in [-0.1, -0.05) is 0 Å². The number of methoxy groups -OCH3 is 1. The second kappa shape index (κ2) is 8.86. The van der Waals surface area contributed by atoms with Crippen molar-refractivity contribution in [1.29, 1.82) is 0 Å². The molecule has 0 unspecified atom stereocenters. The van der Waals surface area contributed by atoms with Gasteiger partial charge in [-0.2, -0.15) is 0 Å². The Morgan fingerprint density at radius 2 is 2.07 bits per heavy atom. The van der Waals surface area contributed by atoms with E-state index in [1.165, 1.54) is 18.1 Å². The van der Waals surface area contributed by atoms with Gasteiger partial charge in [0.25, 0.3) is 0 Å². The summed E-state index contributed by atoms with van der Waals surface area (Å²) in [5, 5.41) is 2.59. The molecule has 152 valence electrons. The monoisotopic (exact) mass is 389 g/mol. The van der Waals surface area contributed by atoms with Crippen LogP contribution < -0.4 is 10.1 Å². The molecule has 0 aliphatic carbocycles. The van der Waals surface area contributed by atoms with Gasteiger partial charge in [-0.05, 0) is 57.9 Å². The van der Waals surface area contributed by atoms with Crippen LogP contribution in [0.15, 0.2) is 24.4 Å². The van der Waals surface area contributed by atoms with Crippen LogP contribution in [0, 0.1) is 0 Å². The summed E-state index contributed by atoms with van der Waals surface area (Å²) >= 11 is 0. The summed E-state index contributed by atoms with van der Waals surface area (Å²) in [5.74, 6) is -0.0105. The fourth-order valence-corrected chi connectivity index (χ4v) is 2.81. The number of nitrogens with one attached hydrogen (secondary N) is 1. The van der Waals surface area contributed by atoms with Gasteiger partial charge < -0.3 is 19.7 Å². The lowest BCUT2D eigenvalue weighted by molar-refractivity contribution is -0.133. The van der Waals surface area contributed by atoms with Crippen molar-refractivity contribution in [2.75, 3.05) is 13.7 Å². The maximum Gasteiger partial charge on any atom is 0.408 e. The summed E-state index contributed by atoms with van der Waals surface area (Å²) in [6.45, 7) is 7.05. The van der Waals surface area contributed by atoms with Crippen molar-refractivity contribution in [3.8, 4) is 5.88 Å². The number of amides is 2. The van der Waals surface area contributed by atoms with Crippen molar-refractivity contribution < 1.29 is 23.9 Å². The average Bonchev–Trinajstić information content (AvgIpc) is 2.86. The van der Waals surface area contributed by atoms with E-state index in [2.05, 4.69) is 10.3 Å². The topological polar surface area (TPSA) is 97.8 Å². The minimum atomic E-state index is -0.688. The van der Waals surface area contributed by atoms with Gasteiger partial charge in [0, 0.05) is 18.3 Å². The van der Waals surface area contributed by atoms with Crippen molar-refractivity contribution >= 4 is 23.9 Å². The molecule has 28 heavy (non-hydrogen) atoms. The number of alkyl carbamates (subject to hydrolysis) is 1. The Hall–Kier alpha value is -2.90. The fourth-order valence-electron chi connectivity index (χ4n) is 2.81. The zero-order valence-corrected chi connectivity index (χ0v) is 16.9. The second-order valence-electron chi connectivity index (χ2n) is 7.68. The van der Waals surface area contributed by atoms with Gasteiger partial charge >= 0.3 is 6.09 Å². The Morgan fingerprint density at radius 1 is 1.36 bits per heavy atom. The van der Waals surface area contributed by atoms with Crippen molar-refractivity contribution in [2.24, 2.45) is 0 Å². The van der Waals surface area contributed by atoms with Crippen molar-refractivity contribution in [3.63, 3.8) is 0 Å². The first-order valence-electron chi connectivity index (χ1n) is 9.10. The number of carbonyl (C=O) groups is 3. The van der Waals surface area contributed by atoms with Gasteiger partial charge in [0.15, 0.2) is 5.78 Å². The van der Waals surface area contributed by atoms with E-state index in [4.69, 9.17) is 9.47 Å². The van der Waals surface area contributed by atoms with E-state index in [9.17, 15) is 14.4 Å². The predicted molar refractivity (Wildman–Crippen MR) is 104 cm³/mol. The summed E-state index contributed by atoms with van der Waals surface area (Å²) in [7, 11) is 1.53. The third-order valence-electron chi connectivity index (χ3n) is 4.14. The number of nitrogens with zero attached hydrogens (tertiary/aromatic N) is 2. The maximum atomic E-state index is 12.6. The molecule has 1 aromatic heterocycles. The first kappa shape index (κ1) is 21.4. The standard InChI is InChI=1S/C20H27N3O5/c1-13-10-16(22-19(26)28-20(2,3)4)18(25)23(13)12-15(24)8-6-14-7-9-17(27-5)21-11-14/h6-9,11,13,16H,10,12H2,1-5H3,(H,22,26)/t13-,16+/m1/s1. The lowest BCUT2D eigenvalue weighted by atomic mass is 10.2. The number of hydrogen-bond donors (Lipinski definition) is 1. The highest BCUT2D eigenvalue weighted by Crippen LogP contribution is 2.20. The Balaban J connectivity index is 1.92. The van der Waals surface area contributed by atoms with Crippen molar-refractivity contribution in [1.82, 2.24) is 15.2 Å². The molecule has 1 aromatic rings. The number of pyridine rings is 1. The lowest BCUT2D eigenvalue weighted by Crippen LogP contribution is -2.44. The molecular weight excluding hydrogens is 362 g/mol. The number of rotatable bonds is 6. The molecule has 1 aliphatic rings. The number of aromatic nitrogens is 1. The highest BCUT2D eigenvalue weighted by molar-refractivity contribution is 5.98. The molecule has 1 fully saturated rings. The van der Waals surface area contributed by atoms with Gasteiger partial charge in [0.05, 0.1) is 13.7 Å². The highest BCUT2D eigenvalue weighted by atomic mass is 16.6. The quantitative estimate of drug-likeness (QED) is 0.749. The van der Waals surface area contributed by atoms with E-state index >= 15 is 0 Å². The molecule has 8 heteroatoms. The van der Waals surface area contributed by atoms with Gasteiger partial charge in [-0.3, -0.25) is 9.59 Å². The molecule has 0 bridgehead atoms. The SMILES string of the molecule is COc1ccc(C=CC(=O)CN2C(=O)[C@@H](NC(=O)OC(C)(C)C)C[C@H]2C)cn1. The van der Waals surface area contributed by atoms with Crippen molar-refractivity contribution in [3.05, 3.63) is 30.0 Å². The Morgan fingerprint density at radius 3 is 2.64 bits per heavy atom. The first-order chi connectivity index (χ1) is 13.1. The fraction of sp³-hybridized carbons (Fsp3) is 0.500. The Labute approximate surface area is 164 Å². The average molecular weight is 389 g/mol. The highest BCUT2D eigenvalue weighted by Gasteiger charge is 2.39. The Bertz CT molecular complexity index is 752. The summed E-state index contributed by atoms with van der Waals surface area (Å²) in [5.41, 5.74) is 0.105. The van der Waals surface area contributed by atoms with Gasteiger partial charge in [-0.15, -0.1) is 0 Å². The van der Waals surface area contributed by atoms with E-state index in [1.807, 2.05) is 6.92 Å². The summed E-state index contributed by atoms with van der Waals surface area (Å²) in [4.78, 5) is 42.3. The third-order valence-corrected chi connectivity index (χ3v) is 4.14. The van der Waals surface area contributed by atoms with Crippen LogP contribution in [0.2, 0.25) is 0 Å². The molecule has 1 saturated heterocycles.